The topological polar surface area (TPSA) is 66.4 Å². The molecule has 2 atom stereocenters. The molecule has 0 amide bonds. The first-order valence-corrected chi connectivity index (χ1v) is 8.79. The van der Waals surface area contributed by atoms with Crippen LogP contribution in [0.2, 0.25) is 0 Å². The molecule has 1 rings (SSSR count). The van der Waals surface area contributed by atoms with E-state index in [9.17, 15) is 13.5 Å². The van der Waals surface area contributed by atoms with E-state index in [4.69, 9.17) is 0 Å². The summed E-state index contributed by atoms with van der Waals surface area (Å²) >= 11 is 0. The molecule has 0 bridgehead atoms. The van der Waals surface area contributed by atoms with Gasteiger partial charge in [-0.2, -0.15) is 0 Å². The van der Waals surface area contributed by atoms with Crippen molar-refractivity contribution >= 4 is 9.84 Å². The van der Waals surface area contributed by atoms with E-state index in [1.807, 2.05) is 0 Å². The van der Waals surface area contributed by atoms with Gasteiger partial charge in [0.2, 0.25) is 0 Å². The SMILES string of the molecule is CC(C)C(C)CNCC(O)c1ccc(S(C)(=O)=O)cc1. The summed E-state index contributed by atoms with van der Waals surface area (Å²) in [5.74, 6) is 1.16. The van der Waals surface area contributed by atoms with Crippen molar-refractivity contribution in [3.8, 4) is 0 Å². The molecule has 2 unspecified atom stereocenters. The van der Waals surface area contributed by atoms with Crippen molar-refractivity contribution in [1.29, 1.82) is 0 Å². The Balaban J connectivity index is 2.54. The van der Waals surface area contributed by atoms with Gasteiger partial charge in [-0.25, -0.2) is 8.42 Å². The highest BCUT2D eigenvalue weighted by Gasteiger charge is 2.12. The Bertz CT molecular complexity index is 508. The van der Waals surface area contributed by atoms with Crippen LogP contribution in [0.15, 0.2) is 29.2 Å². The van der Waals surface area contributed by atoms with Crippen LogP contribution in [0.1, 0.15) is 32.4 Å². The summed E-state index contributed by atoms with van der Waals surface area (Å²) < 4.78 is 22.7. The third kappa shape index (κ3) is 5.23. The van der Waals surface area contributed by atoms with E-state index in [1.165, 1.54) is 18.4 Å². The number of nitrogens with one attached hydrogen (secondary N) is 1. The number of benzene rings is 1. The van der Waals surface area contributed by atoms with E-state index in [0.29, 0.717) is 18.4 Å². The van der Waals surface area contributed by atoms with Gasteiger partial charge in [0, 0.05) is 12.8 Å². The smallest absolute Gasteiger partial charge is 0.175 e. The molecule has 0 aromatic heterocycles. The van der Waals surface area contributed by atoms with Crippen molar-refractivity contribution in [3.63, 3.8) is 0 Å². The van der Waals surface area contributed by atoms with Gasteiger partial charge in [-0.3, -0.25) is 0 Å². The first-order chi connectivity index (χ1) is 9.21. The van der Waals surface area contributed by atoms with Crippen LogP contribution >= 0.6 is 0 Å². The number of hydrogen-bond donors (Lipinski definition) is 2. The van der Waals surface area contributed by atoms with Gasteiger partial charge in [0.05, 0.1) is 11.0 Å². The lowest BCUT2D eigenvalue weighted by Gasteiger charge is -2.18. The summed E-state index contributed by atoms with van der Waals surface area (Å²) in [7, 11) is -3.18. The van der Waals surface area contributed by atoms with Crippen molar-refractivity contribution in [1.82, 2.24) is 5.32 Å². The highest BCUT2D eigenvalue weighted by molar-refractivity contribution is 7.90. The van der Waals surface area contributed by atoms with Gasteiger partial charge in [0.1, 0.15) is 0 Å². The van der Waals surface area contributed by atoms with Gasteiger partial charge in [0.25, 0.3) is 0 Å². The van der Waals surface area contributed by atoms with Crippen molar-refractivity contribution in [3.05, 3.63) is 29.8 Å². The molecule has 114 valence electrons. The van der Waals surface area contributed by atoms with E-state index in [1.54, 1.807) is 12.1 Å². The van der Waals surface area contributed by atoms with Crippen LogP contribution in [0, 0.1) is 11.8 Å². The molecule has 0 aliphatic carbocycles. The van der Waals surface area contributed by atoms with Gasteiger partial charge in [-0.15, -0.1) is 0 Å². The minimum absolute atomic E-state index is 0.273. The highest BCUT2D eigenvalue weighted by Crippen LogP contribution is 2.16. The number of aliphatic hydroxyl groups excluding tert-OH is 1. The number of aliphatic hydroxyl groups is 1. The van der Waals surface area contributed by atoms with Crippen molar-refractivity contribution in [2.75, 3.05) is 19.3 Å². The molecule has 5 heteroatoms. The third-order valence-electron chi connectivity index (χ3n) is 3.64. The molecule has 0 radical (unpaired) electrons. The Labute approximate surface area is 122 Å². The van der Waals surface area contributed by atoms with Gasteiger partial charge in [0.15, 0.2) is 9.84 Å². The molecule has 0 fully saturated rings. The molecule has 0 spiro atoms. The zero-order valence-corrected chi connectivity index (χ0v) is 13.4. The standard InChI is InChI=1S/C15H25NO3S/c1-11(2)12(3)9-16-10-15(17)13-5-7-14(8-6-13)20(4,18)19/h5-8,11-12,15-17H,9-10H2,1-4H3. The third-order valence-corrected chi connectivity index (χ3v) is 4.76. The number of sulfone groups is 1. The zero-order valence-electron chi connectivity index (χ0n) is 12.6. The Morgan fingerprint density at radius 3 is 2.10 bits per heavy atom. The molecule has 0 saturated carbocycles. The van der Waals surface area contributed by atoms with Crippen molar-refractivity contribution < 1.29 is 13.5 Å². The molecule has 0 heterocycles. The summed E-state index contributed by atoms with van der Waals surface area (Å²) in [6.45, 7) is 7.84. The Morgan fingerprint density at radius 2 is 1.65 bits per heavy atom. The lowest BCUT2D eigenvalue weighted by molar-refractivity contribution is 0.171. The van der Waals surface area contributed by atoms with E-state index in [0.717, 1.165) is 12.1 Å². The second-order valence-corrected chi connectivity index (χ2v) is 7.75. The van der Waals surface area contributed by atoms with E-state index in [-0.39, 0.29) is 4.90 Å². The summed E-state index contributed by atoms with van der Waals surface area (Å²) in [4.78, 5) is 0.273. The van der Waals surface area contributed by atoms with Crippen LogP contribution < -0.4 is 5.32 Å². The van der Waals surface area contributed by atoms with E-state index in [2.05, 4.69) is 26.1 Å². The lowest BCUT2D eigenvalue weighted by atomic mass is 9.98. The molecule has 1 aromatic carbocycles. The number of rotatable bonds is 7. The number of hydrogen-bond acceptors (Lipinski definition) is 4. The van der Waals surface area contributed by atoms with Gasteiger partial charge in [-0.1, -0.05) is 32.9 Å². The monoisotopic (exact) mass is 299 g/mol. The fraction of sp³-hybridized carbons (Fsp3) is 0.600. The minimum Gasteiger partial charge on any atom is -0.387 e. The molecule has 1 aromatic rings. The minimum atomic E-state index is -3.18. The van der Waals surface area contributed by atoms with Crippen molar-refractivity contribution in [2.24, 2.45) is 11.8 Å². The molecule has 0 aliphatic heterocycles. The van der Waals surface area contributed by atoms with Crippen molar-refractivity contribution in [2.45, 2.75) is 31.8 Å². The molecule has 20 heavy (non-hydrogen) atoms. The van der Waals surface area contributed by atoms with Crippen LogP contribution in [0.25, 0.3) is 0 Å². The molecular weight excluding hydrogens is 274 g/mol. The first kappa shape index (κ1) is 17.1. The molecule has 0 saturated heterocycles. The maximum Gasteiger partial charge on any atom is 0.175 e. The van der Waals surface area contributed by atoms with Crippen LogP contribution in [0.4, 0.5) is 0 Å². The van der Waals surface area contributed by atoms with Crippen LogP contribution in [0.3, 0.4) is 0 Å². The second kappa shape index (κ2) is 7.20. The average molecular weight is 299 g/mol. The second-order valence-electron chi connectivity index (χ2n) is 5.74. The van der Waals surface area contributed by atoms with E-state index >= 15 is 0 Å². The van der Waals surface area contributed by atoms with Gasteiger partial charge < -0.3 is 10.4 Å². The van der Waals surface area contributed by atoms with E-state index < -0.39 is 15.9 Å². The molecule has 0 aliphatic rings. The van der Waals surface area contributed by atoms with Gasteiger partial charge in [-0.05, 0) is 36.1 Å². The average Bonchev–Trinajstić information content (AvgIpc) is 2.37. The largest absolute Gasteiger partial charge is 0.387 e. The van der Waals surface area contributed by atoms with Crippen LogP contribution in [0.5, 0.6) is 0 Å². The highest BCUT2D eigenvalue weighted by atomic mass is 32.2. The normalized spacial score (nSPS) is 15.3. The van der Waals surface area contributed by atoms with Gasteiger partial charge >= 0.3 is 0 Å². The Morgan fingerprint density at radius 1 is 1.10 bits per heavy atom. The summed E-state index contributed by atoms with van der Waals surface area (Å²) in [6.07, 6.45) is 0.552. The fourth-order valence-corrected chi connectivity index (χ4v) is 2.37. The quantitative estimate of drug-likeness (QED) is 0.808. The summed E-state index contributed by atoms with van der Waals surface area (Å²) in [5, 5.41) is 13.3. The van der Waals surface area contributed by atoms with Crippen LogP contribution in [-0.2, 0) is 9.84 Å². The predicted molar refractivity (Wildman–Crippen MR) is 81.4 cm³/mol. The first-order valence-electron chi connectivity index (χ1n) is 6.90. The molecule has 2 N–H and O–H groups in total. The molecule has 4 nitrogen and oxygen atoms in total. The fourth-order valence-electron chi connectivity index (χ4n) is 1.74. The zero-order chi connectivity index (χ0) is 15.3. The Hall–Kier alpha value is -0.910. The predicted octanol–water partition coefficient (Wildman–Crippen LogP) is 2.01. The van der Waals surface area contributed by atoms with Crippen LogP contribution in [-0.4, -0.2) is 32.9 Å². The lowest BCUT2D eigenvalue weighted by Crippen LogP contribution is -2.28. The maximum absolute atomic E-state index is 11.3. The summed E-state index contributed by atoms with van der Waals surface area (Å²) in [5.41, 5.74) is 0.724. The molecular formula is C15H25NO3S. The summed E-state index contributed by atoms with van der Waals surface area (Å²) in [6, 6.07) is 6.39. The maximum atomic E-state index is 11.3. The Kier molecular flexibility index (Phi) is 6.17.